The second kappa shape index (κ2) is 10.2. The highest BCUT2D eigenvalue weighted by molar-refractivity contribution is 6.49. The van der Waals surface area contributed by atoms with E-state index in [0.29, 0.717) is 11.4 Å². The zero-order chi connectivity index (χ0) is 22.4. The molecule has 13 heteroatoms. The molecule has 1 aromatic heterocycles. The molecular weight excluding hydrogens is 471 g/mol. The van der Waals surface area contributed by atoms with Crippen LogP contribution in [0.15, 0.2) is 42.7 Å². The van der Waals surface area contributed by atoms with Crippen molar-refractivity contribution in [3.05, 3.63) is 63.6 Å². The fourth-order valence-corrected chi connectivity index (χ4v) is 2.81. The molecule has 3 aromatic rings. The molecule has 0 bridgehead atoms. The minimum absolute atomic E-state index is 0.115. The number of urea groups is 1. The average Bonchev–Trinajstić information content (AvgIpc) is 2.75. The Balaban J connectivity index is 1.68. The monoisotopic (exact) mass is 482 g/mol. The summed E-state index contributed by atoms with van der Waals surface area (Å²) in [5, 5.41) is 5.71. The summed E-state index contributed by atoms with van der Waals surface area (Å²) in [6.07, 6.45) is 1.11. The predicted molar refractivity (Wildman–Crippen MR) is 115 cm³/mol. The number of hydrogen-bond donors (Lipinski definition) is 3. The lowest BCUT2D eigenvalue weighted by atomic mass is 10.3. The number of carbonyl (C=O) groups is 2. The lowest BCUT2D eigenvalue weighted by Gasteiger charge is -2.11. The molecule has 31 heavy (non-hydrogen) atoms. The molecule has 0 aliphatic rings. The molecule has 0 aliphatic carbocycles. The Labute approximate surface area is 190 Å². The Hall–Kier alpha value is -3.18. The Kier molecular flexibility index (Phi) is 7.42. The van der Waals surface area contributed by atoms with Crippen molar-refractivity contribution in [2.45, 2.75) is 0 Å². The highest BCUT2D eigenvalue weighted by Gasteiger charge is 2.13. The van der Waals surface area contributed by atoms with Crippen molar-refractivity contribution in [1.82, 2.24) is 20.4 Å². The van der Waals surface area contributed by atoms with E-state index in [1.807, 2.05) is 0 Å². The lowest BCUT2D eigenvalue weighted by Crippen LogP contribution is -2.24. The van der Waals surface area contributed by atoms with Gasteiger partial charge in [-0.3, -0.25) is 9.63 Å². The molecule has 160 valence electrons. The van der Waals surface area contributed by atoms with Crippen LogP contribution in [0.5, 0.6) is 11.8 Å². The number of anilines is 2. The number of amides is 3. The fraction of sp³-hybridized carbons (Fsp3) is 0.0556. The van der Waals surface area contributed by atoms with Crippen LogP contribution in [-0.4, -0.2) is 34.0 Å². The first-order valence-electron chi connectivity index (χ1n) is 8.39. The van der Waals surface area contributed by atoms with Crippen LogP contribution in [0.2, 0.25) is 15.1 Å². The molecule has 1 heterocycles. The number of hydrogen-bond acceptors (Lipinski definition) is 7. The maximum absolute atomic E-state index is 12.3. The van der Waals surface area contributed by atoms with Crippen LogP contribution in [0.3, 0.4) is 0 Å². The summed E-state index contributed by atoms with van der Waals surface area (Å²) in [6, 6.07) is 8.73. The lowest BCUT2D eigenvalue weighted by molar-refractivity contribution is 0.0525. The minimum atomic E-state index is -0.664. The van der Waals surface area contributed by atoms with Crippen molar-refractivity contribution in [2.24, 2.45) is 0 Å². The van der Waals surface area contributed by atoms with Crippen LogP contribution in [0, 0.1) is 0 Å². The van der Waals surface area contributed by atoms with E-state index in [2.05, 4.69) is 35.9 Å². The first-order valence-corrected chi connectivity index (χ1v) is 9.52. The van der Waals surface area contributed by atoms with E-state index in [-0.39, 0.29) is 32.6 Å². The zero-order valence-corrected chi connectivity index (χ0v) is 17.9. The molecule has 0 saturated carbocycles. The third kappa shape index (κ3) is 5.92. The maximum atomic E-state index is 12.3. The van der Waals surface area contributed by atoms with Gasteiger partial charge in [-0.15, -0.1) is 0 Å². The molecule has 3 N–H and O–H groups in total. The Bertz CT molecular complexity index is 1130. The summed E-state index contributed by atoms with van der Waals surface area (Å²) >= 11 is 17.9. The molecule has 0 fully saturated rings. The molecular formula is C18H13Cl3N6O4. The smallest absolute Gasteiger partial charge is 0.325 e. The van der Waals surface area contributed by atoms with Gasteiger partial charge in [0.05, 0.1) is 27.9 Å². The van der Waals surface area contributed by atoms with E-state index in [0.717, 1.165) is 6.33 Å². The number of halogens is 3. The summed E-state index contributed by atoms with van der Waals surface area (Å²) in [5.41, 5.74) is 2.77. The fourth-order valence-electron chi connectivity index (χ4n) is 2.23. The third-order valence-corrected chi connectivity index (χ3v) is 4.83. The summed E-state index contributed by atoms with van der Waals surface area (Å²) < 4.78 is 5.53. The number of aromatic nitrogens is 3. The van der Waals surface area contributed by atoms with Gasteiger partial charge >= 0.3 is 17.9 Å². The summed E-state index contributed by atoms with van der Waals surface area (Å²) in [7, 11) is 1.28. The van der Waals surface area contributed by atoms with Gasteiger partial charge in [-0.05, 0) is 24.3 Å². The molecule has 0 radical (unpaired) electrons. The van der Waals surface area contributed by atoms with E-state index in [1.54, 1.807) is 18.2 Å². The van der Waals surface area contributed by atoms with Gasteiger partial charge in [-0.2, -0.15) is 9.97 Å². The van der Waals surface area contributed by atoms with Crippen molar-refractivity contribution < 1.29 is 19.2 Å². The highest BCUT2D eigenvalue weighted by atomic mass is 35.5. The second-order valence-electron chi connectivity index (χ2n) is 5.66. The molecule has 3 amide bonds. The van der Waals surface area contributed by atoms with Crippen LogP contribution in [0.4, 0.5) is 16.2 Å². The number of hydroxylamine groups is 1. The van der Waals surface area contributed by atoms with E-state index in [4.69, 9.17) is 39.5 Å². The highest BCUT2D eigenvalue weighted by Crippen LogP contribution is 2.35. The van der Waals surface area contributed by atoms with Gasteiger partial charge in [0.15, 0.2) is 0 Å². The van der Waals surface area contributed by atoms with Crippen LogP contribution in [0.1, 0.15) is 10.6 Å². The van der Waals surface area contributed by atoms with E-state index >= 15 is 0 Å². The van der Waals surface area contributed by atoms with E-state index < -0.39 is 11.9 Å². The first-order chi connectivity index (χ1) is 14.9. The number of ether oxygens (including phenoxy) is 1. The molecule has 0 saturated heterocycles. The van der Waals surface area contributed by atoms with Crippen molar-refractivity contribution in [1.29, 1.82) is 0 Å². The molecule has 2 aromatic carbocycles. The van der Waals surface area contributed by atoms with Crippen molar-refractivity contribution in [3.8, 4) is 11.8 Å². The molecule has 0 unspecified atom stereocenters. The number of nitrogens with zero attached hydrogens (tertiary/aromatic N) is 3. The molecule has 10 nitrogen and oxygen atoms in total. The molecule has 0 atom stereocenters. The first kappa shape index (κ1) is 22.5. The van der Waals surface area contributed by atoms with Crippen molar-refractivity contribution >= 4 is 58.1 Å². The van der Waals surface area contributed by atoms with Gasteiger partial charge < -0.3 is 15.4 Å². The second-order valence-corrected chi connectivity index (χ2v) is 6.82. The Morgan fingerprint density at radius 1 is 1.00 bits per heavy atom. The van der Waals surface area contributed by atoms with Crippen LogP contribution in [-0.2, 0) is 4.84 Å². The maximum Gasteiger partial charge on any atom is 0.325 e. The predicted octanol–water partition coefficient (Wildman–Crippen LogP) is 4.56. The number of carbonyl (C=O) groups excluding carboxylic acids is 2. The minimum Gasteiger partial charge on any atom is -0.424 e. The Morgan fingerprint density at radius 3 is 2.58 bits per heavy atom. The molecule has 3 rings (SSSR count). The topological polar surface area (TPSA) is 127 Å². The van der Waals surface area contributed by atoms with Crippen LogP contribution >= 0.6 is 34.8 Å². The van der Waals surface area contributed by atoms with Gasteiger partial charge in [0.1, 0.15) is 12.1 Å². The quantitative estimate of drug-likeness (QED) is 0.346. The van der Waals surface area contributed by atoms with Gasteiger partial charge in [-0.1, -0.05) is 40.9 Å². The third-order valence-electron chi connectivity index (χ3n) is 3.53. The van der Waals surface area contributed by atoms with E-state index in [9.17, 15) is 9.59 Å². The summed E-state index contributed by atoms with van der Waals surface area (Å²) in [6.45, 7) is 0. The zero-order valence-electron chi connectivity index (χ0n) is 15.6. The number of nitrogens with one attached hydrogen (secondary N) is 3. The van der Waals surface area contributed by atoms with Crippen LogP contribution in [0.25, 0.3) is 0 Å². The standard InChI is InChI=1S/C18H13Cl3N6O4/c1-30-27-16(28)15-22-8-23-18(26-15)31-10-4-2-3-9(7-10)24-17(29)25-12-6-5-11(19)13(20)14(12)21/h2-8H,1H3,(H,27,28)(H2,24,25,29). The van der Waals surface area contributed by atoms with Gasteiger partial charge in [0, 0.05) is 11.8 Å². The number of benzene rings is 2. The molecule has 0 spiro atoms. The largest absolute Gasteiger partial charge is 0.424 e. The van der Waals surface area contributed by atoms with Gasteiger partial charge in [0.2, 0.25) is 5.82 Å². The Morgan fingerprint density at radius 2 is 1.81 bits per heavy atom. The van der Waals surface area contributed by atoms with Gasteiger partial charge in [-0.25, -0.2) is 15.3 Å². The summed E-state index contributed by atoms with van der Waals surface area (Å²) in [4.78, 5) is 40.0. The van der Waals surface area contributed by atoms with E-state index in [1.165, 1.54) is 25.3 Å². The van der Waals surface area contributed by atoms with Gasteiger partial charge in [0.25, 0.3) is 0 Å². The molecule has 0 aliphatic heterocycles. The number of rotatable bonds is 6. The SMILES string of the molecule is CONC(=O)c1ncnc(Oc2cccc(NC(=O)Nc3ccc(Cl)c(Cl)c3Cl)c2)n1. The van der Waals surface area contributed by atoms with Crippen molar-refractivity contribution in [2.75, 3.05) is 17.7 Å². The van der Waals surface area contributed by atoms with Crippen LogP contribution < -0.4 is 20.9 Å². The average molecular weight is 484 g/mol. The summed E-state index contributed by atoms with van der Waals surface area (Å²) in [5.74, 6) is -0.559. The normalized spacial score (nSPS) is 10.3. The van der Waals surface area contributed by atoms with Crippen molar-refractivity contribution in [3.63, 3.8) is 0 Å².